The lowest BCUT2D eigenvalue weighted by Crippen LogP contribution is -2.46. The van der Waals surface area contributed by atoms with Gasteiger partial charge in [0, 0.05) is 6.42 Å². The van der Waals surface area contributed by atoms with Gasteiger partial charge in [-0.15, -0.1) is 0 Å². The number of likely N-dealkylation sites (N-methyl/N-ethyl adjacent to an activating group) is 1. The van der Waals surface area contributed by atoms with E-state index in [1.807, 2.05) is 21.1 Å². The molecule has 0 spiro atoms. The largest absolute Gasteiger partial charge is 0.756 e. The molecule has 1 fully saturated rings. The molecule has 302 valence electrons. The van der Waals surface area contributed by atoms with Gasteiger partial charge in [-0.25, -0.2) is 0 Å². The van der Waals surface area contributed by atoms with E-state index in [0.717, 1.165) is 64.2 Å². The average Bonchev–Trinajstić information content (AvgIpc) is 3.83. The van der Waals surface area contributed by atoms with Crippen LogP contribution in [0.2, 0.25) is 0 Å². The standard InChI is InChI=1S/C41H81N2O7P/c1-6-8-10-12-14-15-16-17-18-19-20-22-26-30-38(44)37(36-49-51(46,47)48-35-34-43(3,4)5)42-41(45)33-29-25-21-24-28-32-40-39(50-40)31-27-23-13-11-9-7-2/h23,27,37-40,44H,6-22,24-26,28-36H2,1-5H3,(H-,42,45,46,47)/b27-23-/t37-,38+,39?,40?/m0/s1. The number of aliphatic hydroxyl groups excluding tert-OH is 1. The van der Waals surface area contributed by atoms with E-state index in [1.54, 1.807) is 0 Å². The number of aliphatic hydroxyl groups is 1. The summed E-state index contributed by atoms with van der Waals surface area (Å²) < 4.78 is 29.0. The van der Waals surface area contributed by atoms with Gasteiger partial charge in [0.25, 0.3) is 7.82 Å². The third kappa shape index (κ3) is 30.2. The highest BCUT2D eigenvalue weighted by molar-refractivity contribution is 7.45. The second kappa shape index (κ2) is 30.5. The molecule has 1 aliphatic rings. The van der Waals surface area contributed by atoms with E-state index in [0.29, 0.717) is 36.1 Å². The molecule has 2 N–H and O–H groups in total. The van der Waals surface area contributed by atoms with Crippen LogP contribution >= 0.6 is 7.82 Å². The fourth-order valence-electron chi connectivity index (χ4n) is 6.40. The lowest BCUT2D eigenvalue weighted by atomic mass is 10.0. The SMILES string of the molecule is CCCCC/C=C\CC1OC1CCCCCCCC(=O)N[C@@H](COP(=O)([O-])OCC[N+](C)(C)C)[C@H](O)CCCCCCCCCCCCCCC. The summed E-state index contributed by atoms with van der Waals surface area (Å²) >= 11 is 0. The molecule has 0 saturated carbocycles. The molecule has 0 aromatic heterocycles. The molecule has 0 aliphatic carbocycles. The zero-order valence-corrected chi connectivity index (χ0v) is 34.7. The molecule has 1 heterocycles. The predicted molar refractivity (Wildman–Crippen MR) is 210 cm³/mol. The molecular formula is C41H81N2O7P. The third-order valence-electron chi connectivity index (χ3n) is 9.93. The molecule has 3 unspecified atom stereocenters. The molecule has 0 aromatic rings. The number of epoxide rings is 1. The van der Waals surface area contributed by atoms with Gasteiger partial charge in [-0.1, -0.05) is 148 Å². The second-order valence-corrected chi connectivity index (χ2v) is 17.5. The number of unbranched alkanes of at least 4 members (excludes halogenated alkanes) is 19. The zero-order valence-electron chi connectivity index (χ0n) is 33.8. The summed E-state index contributed by atoms with van der Waals surface area (Å²) in [7, 11) is 1.29. The van der Waals surface area contributed by atoms with E-state index in [2.05, 4.69) is 31.3 Å². The van der Waals surface area contributed by atoms with Crippen molar-refractivity contribution in [3.05, 3.63) is 12.2 Å². The van der Waals surface area contributed by atoms with Crippen molar-refractivity contribution in [2.45, 2.75) is 205 Å². The van der Waals surface area contributed by atoms with Crippen LogP contribution in [0.1, 0.15) is 181 Å². The van der Waals surface area contributed by atoms with Crippen molar-refractivity contribution < 1.29 is 37.6 Å². The summed E-state index contributed by atoms with van der Waals surface area (Å²) in [6.45, 7) is 4.66. The summed E-state index contributed by atoms with van der Waals surface area (Å²) in [6.07, 6.45) is 33.6. The number of quaternary nitrogens is 1. The number of nitrogens with zero attached hydrogens (tertiary/aromatic N) is 1. The van der Waals surface area contributed by atoms with Crippen LogP contribution in [-0.4, -0.2) is 80.8 Å². The number of phosphoric ester groups is 1. The predicted octanol–water partition coefficient (Wildman–Crippen LogP) is 9.55. The normalized spacial score (nSPS) is 18.6. The van der Waals surface area contributed by atoms with Crippen LogP contribution in [0.5, 0.6) is 0 Å². The molecule has 1 rings (SSSR count). The van der Waals surface area contributed by atoms with Crippen LogP contribution in [0.4, 0.5) is 0 Å². The van der Waals surface area contributed by atoms with Crippen molar-refractivity contribution in [1.82, 2.24) is 5.32 Å². The third-order valence-corrected chi connectivity index (χ3v) is 10.9. The van der Waals surface area contributed by atoms with Gasteiger partial charge in [0.1, 0.15) is 13.2 Å². The van der Waals surface area contributed by atoms with Gasteiger partial charge in [-0.05, 0) is 38.5 Å². The minimum Gasteiger partial charge on any atom is -0.756 e. The lowest BCUT2D eigenvalue weighted by Gasteiger charge is -2.30. The highest BCUT2D eigenvalue weighted by Crippen LogP contribution is 2.38. The maximum atomic E-state index is 12.9. The molecular weight excluding hydrogens is 663 g/mol. The number of amides is 1. The average molecular weight is 745 g/mol. The highest BCUT2D eigenvalue weighted by atomic mass is 31.2. The highest BCUT2D eigenvalue weighted by Gasteiger charge is 2.36. The maximum Gasteiger partial charge on any atom is 0.268 e. The van der Waals surface area contributed by atoms with Crippen molar-refractivity contribution >= 4 is 13.7 Å². The summed E-state index contributed by atoms with van der Waals surface area (Å²) in [4.78, 5) is 25.3. The Hall–Kier alpha value is -0.800. The van der Waals surface area contributed by atoms with Crippen molar-refractivity contribution in [2.75, 3.05) is 40.9 Å². The van der Waals surface area contributed by atoms with Gasteiger partial charge < -0.3 is 33.6 Å². The number of rotatable bonds is 37. The van der Waals surface area contributed by atoms with Gasteiger partial charge in [0.2, 0.25) is 5.91 Å². The van der Waals surface area contributed by atoms with E-state index in [4.69, 9.17) is 13.8 Å². The Morgan fingerprint density at radius 3 is 1.94 bits per heavy atom. The first-order valence-electron chi connectivity index (χ1n) is 21.2. The molecule has 9 nitrogen and oxygen atoms in total. The first-order valence-corrected chi connectivity index (χ1v) is 22.6. The molecule has 5 atom stereocenters. The molecule has 0 bridgehead atoms. The van der Waals surface area contributed by atoms with Crippen LogP contribution in [0.15, 0.2) is 12.2 Å². The molecule has 1 amide bonds. The van der Waals surface area contributed by atoms with Crippen LogP contribution in [-0.2, 0) is 23.1 Å². The van der Waals surface area contributed by atoms with Gasteiger partial charge in [0.05, 0.1) is 52.1 Å². The Morgan fingerprint density at radius 2 is 1.33 bits per heavy atom. The molecule has 51 heavy (non-hydrogen) atoms. The minimum absolute atomic E-state index is 0.00755. The summed E-state index contributed by atoms with van der Waals surface area (Å²) in [5, 5.41) is 13.9. The van der Waals surface area contributed by atoms with Crippen molar-refractivity contribution in [2.24, 2.45) is 0 Å². The first kappa shape index (κ1) is 48.2. The number of hydrogen-bond donors (Lipinski definition) is 2. The summed E-state index contributed by atoms with van der Waals surface area (Å²) in [5.74, 6) is -0.184. The van der Waals surface area contributed by atoms with E-state index in [-0.39, 0.29) is 19.1 Å². The van der Waals surface area contributed by atoms with Gasteiger partial charge in [-0.3, -0.25) is 9.36 Å². The van der Waals surface area contributed by atoms with Gasteiger partial charge >= 0.3 is 0 Å². The fraction of sp³-hybridized carbons (Fsp3) is 0.927. The Kier molecular flexibility index (Phi) is 28.9. The van der Waals surface area contributed by atoms with Crippen molar-refractivity contribution in [3.63, 3.8) is 0 Å². The Morgan fingerprint density at radius 1 is 0.784 bits per heavy atom. The Bertz CT molecular complexity index is 913. The quantitative estimate of drug-likeness (QED) is 0.0214. The van der Waals surface area contributed by atoms with Crippen LogP contribution in [0.3, 0.4) is 0 Å². The smallest absolute Gasteiger partial charge is 0.268 e. The minimum atomic E-state index is -4.57. The topological polar surface area (TPSA) is 120 Å². The van der Waals surface area contributed by atoms with Crippen LogP contribution in [0.25, 0.3) is 0 Å². The number of carbonyl (C=O) groups is 1. The summed E-state index contributed by atoms with van der Waals surface area (Å²) in [5.41, 5.74) is 0. The van der Waals surface area contributed by atoms with Crippen molar-refractivity contribution in [3.8, 4) is 0 Å². The maximum absolute atomic E-state index is 12.9. The lowest BCUT2D eigenvalue weighted by molar-refractivity contribution is -0.870. The monoisotopic (exact) mass is 745 g/mol. The Balaban J connectivity index is 2.32. The zero-order chi connectivity index (χ0) is 37.6. The second-order valence-electron chi connectivity index (χ2n) is 16.1. The van der Waals surface area contributed by atoms with E-state index in [9.17, 15) is 19.4 Å². The van der Waals surface area contributed by atoms with E-state index in [1.165, 1.54) is 89.9 Å². The molecule has 1 aliphatic heterocycles. The van der Waals surface area contributed by atoms with Crippen molar-refractivity contribution in [1.29, 1.82) is 0 Å². The van der Waals surface area contributed by atoms with Gasteiger partial charge in [-0.2, -0.15) is 0 Å². The molecule has 10 heteroatoms. The van der Waals surface area contributed by atoms with Crippen LogP contribution < -0.4 is 10.2 Å². The Labute approximate surface area is 314 Å². The van der Waals surface area contributed by atoms with E-state index < -0.39 is 20.0 Å². The van der Waals surface area contributed by atoms with Crippen LogP contribution in [0, 0.1) is 0 Å². The molecule has 1 saturated heterocycles. The number of carbonyl (C=O) groups excluding carboxylic acids is 1. The molecule has 0 radical (unpaired) electrons. The number of ether oxygens (including phenoxy) is 1. The fourth-order valence-corrected chi connectivity index (χ4v) is 7.12. The number of allylic oxidation sites excluding steroid dienone is 1. The number of hydrogen-bond acceptors (Lipinski definition) is 7. The first-order chi connectivity index (χ1) is 24.5. The number of nitrogens with one attached hydrogen (secondary N) is 1. The number of phosphoric acid groups is 1. The molecule has 0 aromatic carbocycles. The van der Waals surface area contributed by atoms with E-state index >= 15 is 0 Å². The summed E-state index contributed by atoms with van der Waals surface area (Å²) in [6, 6.07) is -0.809. The van der Waals surface area contributed by atoms with Gasteiger partial charge in [0.15, 0.2) is 0 Å².